The van der Waals surface area contributed by atoms with E-state index < -0.39 is 6.10 Å². The van der Waals surface area contributed by atoms with Crippen molar-refractivity contribution >= 4 is 5.91 Å². The Labute approximate surface area is 123 Å². The Hall–Kier alpha value is -2.34. The summed E-state index contributed by atoms with van der Waals surface area (Å²) in [5.41, 5.74) is 1.94. The molecule has 0 aliphatic carbocycles. The average Bonchev–Trinajstić information content (AvgIpc) is 3.01. The van der Waals surface area contributed by atoms with Crippen molar-refractivity contribution in [1.82, 2.24) is 15.5 Å². The zero-order valence-corrected chi connectivity index (χ0v) is 12.1. The Morgan fingerprint density at radius 1 is 1.43 bits per heavy atom. The number of hydrogen-bond donors (Lipinski definition) is 3. The topological polar surface area (TPSA) is 87.2 Å². The number of amides is 1. The number of H-pyrrole nitrogens is 1. The Morgan fingerprint density at radius 3 is 2.71 bits per heavy atom. The molecule has 2 rings (SSSR count). The number of rotatable bonds is 6. The van der Waals surface area contributed by atoms with Crippen molar-refractivity contribution in [2.75, 3.05) is 13.7 Å². The molecular weight excluding hydrogens is 270 g/mol. The first-order chi connectivity index (χ1) is 10.1. The second-order valence-corrected chi connectivity index (χ2v) is 4.63. The molecule has 6 heteroatoms. The lowest BCUT2D eigenvalue weighted by Gasteiger charge is -2.12. The van der Waals surface area contributed by atoms with Crippen LogP contribution in [0.1, 0.15) is 34.8 Å². The molecule has 0 aliphatic heterocycles. The minimum Gasteiger partial charge on any atom is -0.497 e. The van der Waals surface area contributed by atoms with Gasteiger partial charge in [-0.1, -0.05) is 19.1 Å². The number of aryl methyl sites for hydroxylation is 1. The number of benzene rings is 1. The highest BCUT2D eigenvalue weighted by Crippen LogP contribution is 2.17. The highest BCUT2D eigenvalue weighted by molar-refractivity contribution is 5.92. The van der Waals surface area contributed by atoms with E-state index in [1.165, 1.54) is 0 Å². The molecule has 6 nitrogen and oxygen atoms in total. The van der Waals surface area contributed by atoms with Crippen molar-refractivity contribution < 1.29 is 14.6 Å². The summed E-state index contributed by atoms with van der Waals surface area (Å²) in [7, 11) is 1.58. The van der Waals surface area contributed by atoms with Crippen LogP contribution in [0.5, 0.6) is 5.75 Å². The summed E-state index contributed by atoms with van der Waals surface area (Å²) < 4.78 is 5.05. The van der Waals surface area contributed by atoms with Crippen molar-refractivity contribution in [3.63, 3.8) is 0 Å². The molecule has 112 valence electrons. The van der Waals surface area contributed by atoms with Gasteiger partial charge in [-0.15, -0.1) is 0 Å². The molecule has 0 aliphatic rings. The van der Waals surface area contributed by atoms with Gasteiger partial charge in [0.25, 0.3) is 5.91 Å². The van der Waals surface area contributed by atoms with Gasteiger partial charge >= 0.3 is 0 Å². The first-order valence-electron chi connectivity index (χ1n) is 6.78. The largest absolute Gasteiger partial charge is 0.497 e. The molecule has 0 fully saturated rings. The van der Waals surface area contributed by atoms with E-state index in [-0.39, 0.29) is 12.5 Å². The summed E-state index contributed by atoms with van der Waals surface area (Å²) in [6.07, 6.45) is 0.0128. The summed E-state index contributed by atoms with van der Waals surface area (Å²) in [6, 6.07) is 8.76. The van der Waals surface area contributed by atoms with Crippen LogP contribution in [0.15, 0.2) is 30.3 Å². The van der Waals surface area contributed by atoms with E-state index >= 15 is 0 Å². The van der Waals surface area contributed by atoms with E-state index in [1.807, 2.05) is 6.92 Å². The Morgan fingerprint density at radius 2 is 2.14 bits per heavy atom. The number of carbonyl (C=O) groups excluding carboxylic acids is 1. The van der Waals surface area contributed by atoms with Crippen LogP contribution in [-0.2, 0) is 6.42 Å². The number of aromatic nitrogens is 2. The van der Waals surface area contributed by atoms with Crippen LogP contribution >= 0.6 is 0 Å². The number of nitrogens with one attached hydrogen (secondary N) is 2. The zero-order chi connectivity index (χ0) is 15.2. The van der Waals surface area contributed by atoms with Crippen molar-refractivity contribution in [3.8, 4) is 5.75 Å². The van der Waals surface area contributed by atoms with E-state index in [2.05, 4.69) is 15.5 Å². The number of aromatic amines is 1. The number of methoxy groups -OCH3 is 1. The predicted octanol–water partition coefficient (Wildman–Crippen LogP) is 1.44. The van der Waals surface area contributed by atoms with Gasteiger partial charge in [-0.25, -0.2) is 0 Å². The molecular formula is C15H19N3O3. The van der Waals surface area contributed by atoms with Crippen LogP contribution in [0.4, 0.5) is 0 Å². The summed E-state index contributed by atoms with van der Waals surface area (Å²) in [5.74, 6) is 0.414. The third kappa shape index (κ3) is 3.82. The molecule has 1 aromatic carbocycles. The van der Waals surface area contributed by atoms with Crippen molar-refractivity contribution in [3.05, 3.63) is 47.3 Å². The number of carbonyl (C=O) groups is 1. The van der Waals surface area contributed by atoms with E-state index in [0.29, 0.717) is 11.3 Å². The minimum absolute atomic E-state index is 0.124. The quantitative estimate of drug-likeness (QED) is 0.751. The fourth-order valence-corrected chi connectivity index (χ4v) is 1.88. The van der Waals surface area contributed by atoms with Crippen LogP contribution in [0, 0.1) is 0 Å². The smallest absolute Gasteiger partial charge is 0.271 e. The average molecular weight is 289 g/mol. The van der Waals surface area contributed by atoms with E-state index in [1.54, 1.807) is 37.4 Å². The van der Waals surface area contributed by atoms with Gasteiger partial charge in [0.1, 0.15) is 11.4 Å². The van der Waals surface area contributed by atoms with E-state index in [9.17, 15) is 9.90 Å². The standard InChI is InChI=1S/C15H19N3O3/c1-3-11-8-13(18-17-11)15(20)16-9-14(19)10-4-6-12(21-2)7-5-10/h4-8,14,19H,3,9H2,1-2H3,(H,16,20)(H,17,18). The van der Waals surface area contributed by atoms with Gasteiger partial charge in [-0.3, -0.25) is 9.89 Å². The van der Waals surface area contributed by atoms with Crippen molar-refractivity contribution in [2.24, 2.45) is 0 Å². The lowest BCUT2D eigenvalue weighted by molar-refractivity contribution is 0.0911. The normalized spacial score (nSPS) is 12.0. The Balaban J connectivity index is 1.90. The third-order valence-corrected chi connectivity index (χ3v) is 3.20. The second-order valence-electron chi connectivity index (χ2n) is 4.63. The molecule has 3 N–H and O–H groups in total. The van der Waals surface area contributed by atoms with Gasteiger partial charge in [-0.05, 0) is 30.2 Å². The second kappa shape index (κ2) is 6.90. The summed E-state index contributed by atoms with van der Waals surface area (Å²) in [4.78, 5) is 11.9. The Kier molecular flexibility index (Phi) is 4.94. The summed E-state index contributed by atoms with van der Waals surface area (Å²) in [5, 5.41) is 19.4. The van der Waals surface area contributed by atoms with Crippen LogP contribution in [0.3, 0.4) is 0 Å². The maximum Gasteiger partial charge on any atom is 0.271 e. The highest BCUT2D eigenvalue weighted by atomic mass is 16.5. The van der Waals surface area contributed by atoms with Gasteiger partial charge in [0, 0.05) is 12.2 Å². The number of aliphatic hydroxyl groups is 1. The third-order valence-electron chi connectivity index (χ3n) is 3.20. The monoisotopic (exact) mass is 289 g/mol. The molecule has 1 amide bonds. The molecule has 1 atom stereocenters. The highest BCUT2D eigenvalue weighted by Gasteiger charge is 2.13. The van der Waals surface area contributed by atoms with Crippen LogP contribution in [-0.4, -0.2) is 34.9 Å². The fraction of sp³-hybridized carbons (Fsp3) is 0.333. The molecule has 0 radical (unpaired) electrons. The maximum absolute atomic E-state index is 11.9. The first kappa shape index (κ1) is 15.1. The van der Waals surface area contributed by atoms with Gasteiger partial charge in [0.2, 0.25) is 0 Å². The van der Waals surface area contributed by atoms with Crippen molar-refractivity contribution in [1.29, 1.82) is 0 Å². The van der Waals surface area contributed by atoms with Gasteiger partial charge in [-0.2, -0.15) is 5.10 Å². The SMILES string of the molecule is CCc1cc(C(=O)NCC(O)c2ccc(OC)cc2)n[nH]1. The predicted molar refractivity (Wildman–Crippen MR) is 78.3 cm³/mol. The van der Waals surface area contributed by atoms with E-state index in [4.69, 9.17) is 4.74 Å². The molecule has 0 spiro atoms. The number of aliphatic hydroxyl groups excluding tert-OH is 1. The lowest BCUT2D eigenvalue weighted by atomic mass is 10.1. The first-order valence-corrected chi connectivity index (χ1v) is 6.78. The van der Waals surface area contributed by atoms with Gasteiger partial charge in [0.15, 0.2) is 0 Å². The molecule has 1 aromatic heterocycles. The van der Waals surface area contributed by atoms with Gasteiger partial charge in [0.05, 0.1) is 13.2 Å². The van der Waals surface area contributed by atoms with Crippen LogP contribution in [0.2, 0.25) is 0 Å². The maximum atomic E-state index is 11.9. The van der Waals surface area contributed by atoms with Gasteiger partial charge < -0.3 is 15.2 Å². The molecule has 1 heterocycles. The van der Waals surface area contributed by atoms with Crippen LogP contribution < -0.4 is 10.1 Å². The lowest BCUT2D eigenvalue weighted by Crippen LogP contribution is -2.28. The van der Waals surface area contributed by atoms with Crippen molar-refractivity contribution in [2.45, 2.75) is 19.4 Å². The number of hydrogen-bond acceptors (Lipinski definition) is 4. The molecule has 21 heavy (non-hydrogen) atoms. The summed E-state index contributed by atoms with van der Waals surface area (Å²) >= 11 is 0. The molecule has 0 saturated heterocycles. The summed E-state index contributed by atoms with van der Waals surface area (Å²) in [6.45, 7) is 2.10. The minimum atomic E-state index is -0.774. The molecule has 0 saturated carbocycles. The Bertz CT molecular complexity index is 592. The fourth-order valence-electron chi connectivity index (χ4n) is 1.88. The van der Waals surface area contributed by atoms with E-state index in [0.717, 1.165) is 17.9 Å². The zero-order valence-electron chi connectivity index (χ0n) is 12.1. The molecule has 0 bridgehead atoms. The molecule has 1 unspecified atom stereocenters. The number of nitrogens with zero attached hydrogens (tertiary/aromatic N) is 1. The molecule has 2 aromatic rings. The number of ether oxygens (including phenoxy) is 1. The van der Waals surface area contributed by atoms with Crippen LogP contribution in [0.25, 0.3) is 0 Å².